The maximum Gasteiger partial charge on any atom is 0.124 e. The Morgan fingerprint density at radius 2 is 1.83 bits per heavy atom. The van der Waals surface area contributed by atoms with Crippen molar-refractivity contribution in [2.45, 2.75) is 27.0 Å². The van der Waals surface area contributed by atoms with Gasteiger partial charge in [0.2, 0.25) is 0 Å². The van der Waals surface area contributed by atoms with Crippen LogP contribution in [-0.4, -0.2) is 6.54 Å². The van der Waals surface area contributed by atoms with E-state index >= 15 is 0 Å². The van der Waals surface area contributed by atoms with Crippen molar-refractivity contribution in [2.75, 3.05) is 6.54 Å². The van der Waals surface area contributed by atoms with E-state index in [4.69, 9.17) is 4.74 Å². The summed E-state index contributed by atoms with van der Waals surface area (Å²) in [5, 5.41) is 3.42. The molecule has 0 saturated heterocycles. The van der Waals surface area contributed by atoms with Gasteiger partial charge in [0.25, 0.3) is 0 Å². The summed E-state index contributed by atoms with van der Waals surface area (Å²) in [7, 11) is 0. The van der Waals surface area contributed by atoms with Crippen LogP contribution in [0.2, 0.25) is 0 Å². The largest absolute Gasteiger partial charge is 0.489 e. The number of hydrogen-bond acceptors (Lipinski definition) is 2. The third-order valence-corrected chi connectivity index (χ3v) is 3.69. The van der Waals surface area contributed by atoms with Crippen LogP contribution in [-0.2, 0) is 13.2 Å². The molecule has 0 amide bonds. The molecule has 0 heterocycles. The summed E-state index contributed by atoms with van der Waals surface area (Å²) in [6, 6.07) is 12.4. The summed E-state index contributed by atoms with van der Waals surface area (Å²) in [6.07, 6.45) is 0. The molecule has 0 saturated carbocycles. The van der Waals surface area contributed by atoms with Crippen molar-refractivity contribution in [1.29, 1.82) is 0 Å². The topological polar surface area (TPSA) is 21.3 Å². The Balaban J connectivity index is 0.00000264. The summed E-state index contributed by atoms with van der Waals surface area (Å²) in [5.74, 6) is 1.23. The monoisotopic (exact) mass is 401 g/mol. The molecule has 23 heavy (non-hydrogen) atoms. The van der Waals surface area contributed by atoms with Crippen LogP contribution >= 0.6 is 28.3 Å². The average Bonchev–Trinajstić information content (AvgIpc) is 2.48. The highest BCUT2D eigenvalue weighted by Gasteiger charge is 2.06. The predicted octanol–water partition coefficient (Wildman–Crippen LogP) is 5.33. The van der Waals surface area contributed by atoms with Gasteiger partial charge in [-0.05, 0) is 48.4 Å². The molecule has 2 aromatic carbocycles. The molecular weight excluding hydrogens is 381 g/mol. The van der Waals surface area contributed by atoms with Crippen molar-refractivity contribution in [3.8, 4) is 5.75 Å². The fourth-order valence-electron chi connectivity index (χ4n) is 2.06. The zero-order valence-electron chi connectivity index (χ0n) is 13.3. The van der Waals surface area contributed by atoms with E-state index in [-0.39, 0.29) is 18.2 Å². The lowest BCUT2D eigenvalue weighted by Gasteiger charge is -2.14. The molecule has 0 unspecified atom stereocenters. The first-order valence-electron chi connectivity index (χ1n) is 7.41. The van der Waals surface area contributed by atoms with Gasteiger partial charge in [0.05, 0.1) is 0 Å². The lowest BCUT2D eigenvalue weighted by Crippen LogP contribution is -2.19. The van der Waals surface area contributed by atoms with E-state index < -0.39 is 0 Å². The summed E-state index contributed by atoms with van der Waals surface area (Å²) >= 11 is 3.50. The van der Waals surface area contributed by atoms with Crippen molar-refractivity contribution in [3.05, 3.63) is 63.9 Å². The standard InChI is InChI=1S/C18H21BrFNO.ClH/c1-13(2)10-21-11-15-9-16(19)5-8-18(15)22-12-14-3-6-17(20)7-4-14;/h3-9,13,21H,10-12H2,1-2H3;1H. The predicted molar refractivity (Wildman–Crippen MR) is 98.7 cm³/mol. The average molecular weight is 403 g/mol. The molecule has 5 heteroatoms. The minimum atomic E-state index is -0.231. The van der Waals surface area contributed by atoms with Crippen LogP contribution in [0, 0.1) is 11.7 Å². The summed E-state index contributed by atoms with van der Waals surface area (Å²) in [6.45, 7) is 6.51. The highest BCUT2D eigenvalue weighted by molar-refractivity contribution is 9.10. The van der Waals surface area contributed by atoms with Gasteiger partial charge in [-0.15, -0.1) is 12.4 Å². The molecule has 126 valence electrons. The summed E-state index contributed by atoms with van der Waals surface area (Å²) in [4.78, 5) is 0. The van der Waals surface area contributed by atoms with Crippen molar-refractivity contribution >= 4 is 28.3 Å². The van der Waals surface area contributed by atoms with Crippen LogP contribution in [0.25, 0.3) is 0 Å². The SMILES string of the molecule is CC(C)CNCc1cc(Br)ccc1OCc1ccc(F)cc1.Cl. The molecule has 0 aliphatic rings. The molecule has 0 atom stereocenters. The van der Waals surface area contributed by atoms with Crippen LogP contribution < -0.4 is 10.1 Å². The van der Waals surface area contributed by atoms with E-state index in [0.717, 1.165) is 34.4 Å². The lowest BCUT2D eigenvalue weighted by atomic mass is 10.1. The lowest BCUT2D eigenvalue weighted by molar-refractivity contribution is 0.301. The van der Waals surface area contributed by atoms with Crippen LogP contribution in [0.15, 0.2) is 46.9 Å². The molecule has 2 aromatic rings. The van der Waals surface area contributed by atoms with Crippen molar-refractivity contribution in [1.82, 2.24) is 5.32 Å². The van der Waals surface area contributed by atoms with Gasteiger partial charge < -0.3 is 10.1 Å². The number of hydrogen-bond donors (Lipinski definition) is 1. The number of benzene rings is 2. The minimum absolute atomic E-state index is 0. The van der Waals surface area contributed by atoms with Crippen LogP contribution in [0.4, 0.5) is 4.39 Å². The first kappa shape index (κ1) is 19.9. The smallest absolute Gasteiger partial charge is 0.124 e. The molecule has 1 N–H and O–H groups in total. The van der Waals surface area contributed by atoms with Crippen molar-refractivity contribution in [3.63, 3.8) is 0 Å². The van der Waals surface area contributed by atoms with Crippen molar-refractivity contribution in [2.24, 2.45) is 5.92 Å². The molecule has 0 aromatic heterocycles. The van der Waals surface area contributed by atoms with Gasteiger partial charge >= 0.3 is 0 Å². The van der Waals surface area contributed by atoms with Gasteiger partial charge in [-0.25, -0.2) is 4.39 Å². The number of rotatable bonds is 7. The highest BCUT2D eigenvalue weighted by atomic mass is 79.9. The normalized spacial score (nSPS) is 10.5. The van der Waals surface area contributed by atoms with Crippen LogP contribution in [0.1, 0.15) is 25.0 Å². The van der Waals surface area contributed by atoms with E-state index in [2.05, 4.69) is 41.2 Å². The first-order valence-corrected chi connectivity index (χ1v) is 8.20. The molecule has 0 aliphatic carbocycles. The van der Waals surface area contributed by atoms with Crippen molar-refractivity contribution < 1.29 is 9.13 Å². The number of ether oxygens (including phenoxy) is 1. The molecule has 0 aliphatic heterocycles. The Morgan fingerprint density at radius 1 is 1.13 bits per heavy atom. The molecule has 0 bridgehead atoms. The maximum atomic E-state index is 12.9. The second-order valence-corrected chi connectivity index (χ2v) is 6.61. The van der Waals surface area contributed by atoms with Gasteiger partial charge in [-0.2, -0.15) is 0 Å². The molecule has 0 fully saturated rings. The molecule has 2 rings (SSSR count). The highest BCUT2D eigenvalue weighted by Crippen LogP contribution is 2.24. The van der Waals surface area contributed by atoms with Crippen LogP contribution in [0.3, 0.4) is 0 Å². The second-order valence-electron chi connectivity index (χ2n) is 5.69. The third-order valence-electron chi connectivity index (χ3n) is 3.20. The van der Waals surface area contributed by atoms with Gasteiger partial charge in [0.1, 0.15) is 18.2 Å². The fraction of sp³-hybridized carbons (Fsp3) is 0.333. The van der Waals surface area contributed by atoms with Gasteiger partial charge in [-0.1, -0.05) is 41.9 Å². The van der Waals surface area contributed by atoms with E-state index in [0.29, 0.717) is 12.5 Å². The van der Waals surface area contributed by atoms with E-state index in [1.165, 1.54) is 12.1 Å². The molecule has 0 spiro atoms. The molecule has 0 radical (unpaired) electrons. The van der Waals surface area contributed by atoms with Crippen LogP contribution in [0.5, 0.6) is 5.75 Å². The fourth-order valence-corrected chi connectivity index (χ4v) is 2.47. The molecular formula is C18H22BrClFNO. The van der Waals surface area contributed by atoms with Gasteiger partial charge in [0.15, 0.2) is 0 Å². The summed E-state index contributed by atoms with van der Waals surface area (Å²) in [5.41, 5.74) is 2.06. The first-order chi connectivity index (χ1) is 10.5. The van der Waals surface area contributed by atoms with E-state index in [1.807, 2.05) is 12.1 Å². The Bertz CT molecular complexity index is 604. The summed E-state index contributed by atoms with van der Waals surface area (Å²) < 4.78 is 19.8. The Morgan fingerprint density at radius 3 is 2.48 bits per heavy atom. The maximum absolute atomic E-state index is 12.9. The van der Waals surface area contributed by atoms with E-state index in [1.54, 1.807) is 12.1 Å². The van der Waals surface area contributed by atoms with Gasteiger partial charge in [0, 0.05) is 16.6 Å². The quantitative estimate of drug-likeness (QED) is 0.675. The number of halogens is 3. The Kier molecular flexibility index (Phi) is 8.59. The number of nitrogens with one attached hydrogen (secondary N) is 1. The second kappa shape index (κ2) is 9.91. The Hall–Kier alpha value is -1.10. The zero-order chi connectivity index (χ0) is 15.9. The Labute approximate surface area is 152 Å². The van der Waals surface area contributed by atoms with E-state index in [9.17, 15) is 4.39 Å². The van der Waals surface area contributed by atoms with Gasteiger partial charge in [-0.3, -0.25) is 0 Å². The third kappa shape index (κ3) is 6.90. The zero-order valence-corrected chi connectivity index (χ0v) is 15.7. The minimum Gasteiger partial charge on any atom is -0.489 e. The molecule has 2 nitrogen and oxygen atoms in total.